The molecule has 68 valence electrons. The van der Waals surface area contributed by atoms with Crippen LogP contribution in [0, 0.1) is 0 Å². The molecule has 0 aromatic carbocycles. The van der Waals surface area contributed by atoms with Gasteiger partial charge in [0.25, 0.3) is 0 Å². The van der Waals surface area contributed by atoms with Crippen LogP contribution in [0.3, 0.4) is 0 Å². The zero-order chi connectivity index (χ0) is 8.97. The zero-order valence-electron chi connectivity index (χ0n) is 6.79. The highest BCUT2D eigenvalue weighted by Gasteiger charge is 2.09. The highest BCUT2D eigenvalue weighted by atomic mass is 79.9. The average Bonchev–Trinajstić information content (AvgIpc) is 2.47. The SMILES string of the molecule is CCOCC(O)c1ccc(Br)s1. The van der Waals surface area contributed by atoms with Crippen molar-refractivity contribution in [3.05, 3.63) is 20.8 Å². The van der Waals surface area contributed by atoms with E-state index in [0.29, 0.717) is 13.2 Å². The maximum absolute atomic E-state index is 9.53. The van der Waals surface area contributed by atoms with Gasteiger partial charge in [-0.2, -0.15) is 0 Å². The van der Waals surface area contributed by atoms with Gasteiger partial charge in [-0.1, -0.05) is 0 Å². The summed E-state index contributed by atoms with van der Waals surface area (Å²) in [6.45, 7) is 2.93. The van der Waals surface area contributed by atoms with Crippen molar-refractivity contribution in [2.75, 3.05) is 13.2 Å². The minimum atomic E-state index is -0.485. The highest BCUT2D eigenvalue weighted by Crippen LogP contribution is 2.27. The van der Waals surface area contributed by atoms with Crippen LogP contribution in [0.5, 0.6) is 0 Å². The van der Waals surface area contributed by atoms with E-state index in [1.54, 1.807) is 0 Å². The van der Waals surface area contributed by atoms with Gasteiger partial charge in [0.15, 0.2) is 0 Å². The molecule has 1 aromatic heterocycles. The first-order valence-electron chi connectivity index (χ1n) is 3.75. The minimum Gasteiger partial charge on any atom is -0.385 e. The van der Waals surface area contributed by atoms with Crippen LogP contribution in [0.2, 0.25) is 0 Å². The lowest BCUT2D eigenvalue weighted by Crippen LogP contribution is -2.04. The molecule has 0 fully saturated rings. The molecule has 0 bridgehead atoms. The molecule has 0 spiro atoms. The lowest BCUT2D eigenvalue weighted by atomic mass is 10.3. The van der Waals surface area contributed by atoms with Crippen molar-refractivity contribution in [3.63, 3.8) is 0 Å². The van der Waals surface area contributed by atoms with Gasteiger partial charge in [-0.3, -0.25) is 0 Å². The van der Waals surface area contributed by atoms with Crippen molar-refractivity contribution < 1.29 is 9.84 Å². The van der Waals surface area contributed by atoms with Crippen molar-refractivity contribution in [1.29, 1.82) is 0 Å². The number of thiophene rings is 1. The topological polar surface area (TPSA) is 29.5 Å². The smallest absolute Gasteiger partial charge is 0.111 e. The third-order valence-corrected chi connectivity index (χ3v) is 3.13. The summed E-state index contributed by atoms with van der Waals surface area (Å²) in [5.74, 6) is 0. The molecule has 1 rings (SSSR count). The monoisotopic (exact) mass is 250 g/mol. The molecule has 1 heterocycles. The summed E-state index contributed by atoms with van der Waals surface area (Å²) in [5.41, 5.74) is 0. The van der Waals surface area contributed by atoms with E-state index in [4.69, 9.17) is 4.74 Å². The number of aliphatic hydroxyl groups excluding tert-OH is 1. The van der Waals surface area contributed by atoms with Crippen molar-refractivity contribution in [2.45, 2.75) is 13.0 Å². The van der Waals surface area contributed by atoms with E-state index in [1.807, 2.05) is 19.1 Å². The van der Waals surface area contributed by atoms with Gasteiger partial charge in [0.1, 0.15) is 6.10 Å². The lowest BCUT2D eigenvalue weighted by molar-refractivity contribution is 0.0439. The van der Waals surface area contributed by atoms with E-state index in [0.717, 1.165) is 8.66 Å². The maximum Gasteiger partial charge on any atom is 0.111 e. The van der Waals surface area contributed by atoms with Gasteiger partial charge in [0.05, 0.1) is 10.4 Å². The Hall–Kier alpha value is 0.1000. The molecule has 0 aliphatic carbocycles. The fourth-order valence-electron chi connectivity index (χ4n) is 0.819. The number of halogens is 1. The summed E-state index contributed by atoms with van der Waals surface area (Å²) in [7, 11) is 0. The molecular formula is C8H11BrO2S. The molecule has 1 aromatic rings. The second-order valence-corrected chi connectivity index (χ2v) is 4.81. The summed E-state index contributed by atoms with van der Waals surface area (Å²) >= 11 is 4.87. The molecular weight excluding hydrogens is 240 g/mol. The Morgan fingerprint density at radius 2 is 2.42 bits per heavy atom. The van der Waals surface area contributed by atoms with Crippen LogP contribution >= 0.6 is 27.3 Å². The largest absolute Gasteiger partial charge is 0.385 e. The second-order valence-electron chi connectivity index (χ2n) is 2.32. The third kappa shape index (κ3) is 2.86. The van der Waals surface area contributed by atoms with E-state index in [9.17, 15) is 5.11 Å². The maximum atomic E-state index is 9.53. The summed E-state index contributed by atoms with van der Waals surface area (Å²) in [4.78, 5) is 0.940. The fourth-order valence-corrected chi connectivity index (χ4v) is 2.21. The molecule has 0 saturated carbocycles. The standard InChI is InChI=1S/C8H11BrO2S/c1-2-11-5-6(10)7-3-4-8(9)12-7/h3-4,6,10H,2,5H2,1H3. The first-order chi connectivity index (χ1) is 5.74. The number of ether oxygens (including phenoxy) is 1. The van der Waals surface area contributed by atoms with E-state index in [1.165, 1.54) is 11.3 Å². The number of rotatable bonds is 4. The summed E-state index contributed by atoms with van der Waals surface area (Å²) in [5, 5.41) is 9.53. The Bertz CT molecular complexity index is 237. The minimum absolute atomic E-state index is 0.378. The van der Waals surface area contributed by atoms with Crippen LogP contribution in [0.4, 0.5) is 0 Å². The first-order valence-corrected chi connectivity index (χ1v) is 5.36. The van der Waals surface area contributed by atoms with Crippen LogP contribution in [0.1, 0.15) is 17.9 Å². The molecule has 2 nitrogen and oxygen atoms in total. The van der Waals surface area contributed by atoms with Crippen molar-refractivity contribution in [2.24, 2.45) is 0 Å². The van der Waals surface area contributed by atoms with Gasteiger partial charge in [0, 0.05) is 11.5 Å². The van der Waals surface area contributed by atoms with Crippen molar-refractivity contribution in [3.8, 4) is 0 Å². The predicted octanol–water partition coefficient (Wildman–Crippen LogP) is 2.58. The van der Waals surface area contributed by atoms with E-state index < -0.39 is 6.10 Å². The first kappa shape index (κ1) is 10.2. The molecule has 0 aliphatic rings. The van der Waals surface area contributed by atoms with Crippen LogP contribution in [0.15, 0.2) is 15.9 Å². The molecule has 1 unspecified atom stereocenters. The van der Waals surface area contributed by atoms with Crippen LogP contribution in [0.25, 0.3) is 0 Å². The molecule has 0 aliphatic heterocycles. The molecule has 0 amide bonds. The Kier molecular flexibility index (Phi) is 4.21. The molecule has 4 heteroatoms. The van der Waals surface area contributed by atoms with Crippen LogP contribution in [-0.2, 0) is 4.74 Å². The van der Waals surface area contributed by atoms with E-state index >= 15 is 0 Å². The quantitative estimate of drug-likeness (QED) is 0.891. The van der Waals surface area contributed by atoms with Crippen LogP contribution < -0.4 is 0 Å². The Morgan fingerprint density at radius 1 is 1.67 bits per heavy atom. The van der Waals surface area contributed by atoms with Gasteiger partial charge in [0.2, 0.25) is 0 Å². The lowest BCUT2D eigenvalue weighted by Gasteiger charge is -2.06. The Labute approximate surface area is 84.3 Å². The Balaban J connectivity index is 2.47. The summed E-state index contributed by atoms with van der Waals surface area (Å²) in [6, 6.07) is 3.83. The molecule has 12 heavy (non-hydrogen) atoms. The van der Waals surface area contributed by atoms with Gasteiger partial charge in [-0.15, -0.1) is 11.3 Å². The highest BCUT2D eigenvalue weighted by molar-refractivity contribution is 9.11. The normalized spacial score (nSPS) is 13.2. The third-order valence-electron chi connectivity index (χ3n) is 1.40. The van der Waals surface area contributed by atoms with E-state index in [-0.39, 0.29) is 0 Å². The molecule has 0 saturated heterocycles. The summed E-state index contributed by atoms with van der Waals surface area (Å²) in [6.07, 6.45) is -0.485. The van der Waals surface area contributed by atoms with Gasteiger partial charge in [-0.05, 0) is 35.0 Å². The van der Waals surface area contributed by atoms with Crippen LogP contribution in [-0.4, -0.2) is 18.3 Å². The zero-order valence-corrected chi connectivity index (χ0v) is 9.19. The van der Waals surface area contributed by atoms with Crippen molar-refractivity contribution >= 4 is 27.3 Å². The average molecular weight is 251 g/mol. The Morgan fingerprint density at radius 3 is 2.92 bits per heavy atom. The number of hydrogen-bond acceptors (Lipinski definition) is 3. The predicted molar refractivity (Wildman–Crippen MR) is 53.5 cm³/mol. The van der Waals surface area contributed by atoms with Gasteiger partial charge >= 0.3 is 0 Å². The van der Waals surface area contributed by atoms with Crippen molar-refractivity contribution in [1.82, 2.24) is 0 Å². The molecule has 1 atom stereocenters. The fraction of sp³-hybridized carbons (Fsp3) is 0.500. The van der Waals surface area contributed by atoms with Gasteiger partial charge in [-0.25, -0.2) is 0 Å². The molecule has 0 radical (unpaired) electrons. The number of hydrogen-bond donors (Lipinski definition) is 1. The number of aliphatic hydroxyl groups is 1. The van der Waals surface area contributed by atoms with Gasteiger partial charge < -0.3 is 9.84 Å². The summed E-state index contributed by atoms with van der Waals surface area (Å²) < 4.78 is 6.14. The second kappa shape index (κ2) is 4.97. The molecule has 1 N–H and O–H groups in total. The van der Waals surface area contributed by atoms with E-state index in [2.05, 4.69) is 15.9 Å².